The summed E-state index contributed by atoms with van der Waals surface area (Å²) in [5, 5.41) is 6.81. The molecule has 89 valence electrons. The van der Waals surface area contributed by atoms with Crippen molar-refractivity contribution in [1.29, 1.82) is 0 Å². The van der Waals surface area contributed by atoms with E-state index in [0.29, 0.717) is 0 Å². The van der Waals surface area contributed by atoms with Gasteiger partial charge in [-0.2, -0.15) is 0 Å². The minimum Gasteiger partial charge on any atom is -0.317 e. The average molecular weight is 219 g/mol. The number of hydrogen-bond acceptors (Lipinski definition) is 2. The molecule has 0 heterocycles. The van der Waals surface area contributed by atoms with Crippen LogP contribution in [0.5, 0.6) is 0 Å². The molecule has 0 aliphatic carbocycles. The Morgan fingerprint density at radius 1 is 0.875 bits per heavy atom. The van der Waals surface area contributed by atoms with E-state index >= 15 is 0 Å². The molecule has 0 aliphatic heterocycles. The van der Waals surface area contributed by atoms with Crippen molar-refractivity contribution < 1.29 is 0 Å². The van der Waals surface area contributed by atoms with Gasteiger partial charge in [0.05, 0.1) is 0 Å². The van der Waals surface area contributed by atoms with Gasteiger partial charge in [-0.3, -0.25) is 0 Å². The van der Waals surface area contributed by atoms with E-state index in [-0.39, 0.29) is 0 Å². The van der Waals surface area contributed by atoms with Gasteiger partial charge in [-0.25, -0.2) is 0 Å². The lowest BCUT2D eigenvalue weighted by Crippen LogP contribution is -2.19. The largest absolute Gasteiger partial charge is 0.317 e. The molecule has 0 saturated carbocycles. The van der Waals surface area contributed by atoms with Gasteiger partial charge in [0.25, 0.3) is 0 Å². The van der Waals surface area contributed by atoms with Crippen molar-refractivity contribution in [3.63, 3.8) is 0 Å². The van der Waals surface area contributed by atoms with Crippen molar-refractivity contribution in [3.05, 3.63) is 42.8 Å². The van der Waals surface area contributed by atoms with Crippen molar-refractivity contribution in [2.24, 2.45) is 0 Å². The van der Waals surface area contributed by atoms with Crippen LogP contribution in [0, 0.1) is 6.92 Å². The van der Waals surface area contributed by atoms with Crippen molar-refractivity contribution in [2.75, 3.05) is 19.6 Å². The molecule has 0 bridgehead atoms. The summed E-state index contributed by atoms with van der Waals surface area (Å²) < 4.78 is 0. The highest BCUT2D eigenvalue weighted by molar-refractivity contribution is 5.14. The first-order valence-electron chi connectivity index (χ1n) is 6.18. The van der Waals surface area contributed by atoms with Crippen molar-refractivity contribution in [3.8, 4) is 0 Å². The van der Waals surface area contributed by atoms with Crippen LogP contribution < -0.4 is 10.6 Å². The maximum Gasteiger partial charge on any atom is 0.0205 e. The van der Waals surface area contributed by atoms with Crippen LogP contribution in [0.15, 0.2) is 30.3 Å². The second kappa shape index (κ2) is 9.37. The number of nitrogens with one attached hydrogen (secondary N) is 2. The number of unbranched alkanes of at least 4 members (excludes halogenated alkanes) is 1. The third-order valence-electron chi connectivity index (χ3n) is 2.48. The third kappa shape index (κ3) is 6.59. The van der Waals surface area contributed by atoms with Crippen LogP contribution in [0.3, 0.4) is 0 Å². The average Bonchev–Trinajstić information content (AvgIpc) is 2.34. The topological polar surface area (TPSA) is 24.1 Å². The minimum absolute atomic E-state index is 0.978. The zero-order valence-corrected chi connectivity index (χ0v) is 10.0. The second-order valence-electron chi connectivity index (χ2n) is 3.97. The van der Waals surface area contributed by atoms with Gasteiger partial charge in [0.2, 0.25) is 0 Å². The normalized spacial score (nSPS) is 10.6. The quantitative estimate of drug-likeness (QED) is 0.623. The molecule has 2 N–H and O–H groups in total. The van der Waals surface area contributed by atoms with Gasteiger partial charge in [0.15, 0.2) is 0 Å². The van der Waals surface area contributed by atoms with E-state index in [4.69, 9.17) is 0 Å². The van der Waals surface area contributed by atoms with Gasteiger partial charge in [0, 0.05) is 6.54 Å². The molecule has 0 unspecified atom stereocenters. The van der Waals surface area contributed by atoms with Gasteiger partial charge < -0.3 is 10.6 Å². The van der Waals surface area contributed by atoms with E-state index in [1.54, 1.807) is 0 Å². The van der Waals surface area contributed by atoms with E-state index in [0.717, 1.165) is 32.6 Å². The first-order chi connectivity index (χ1) is 7.93. The van der Waals surface area contributed by atoms with Crippen molar-refractivity contribution in [2.45, 2.75) is 25.8 Å². The Morgan fingerprint density at radius 3 is 2.25 bits per heavy atom. The Balaban J connectivity index is 1.89. The maximum atomic E-state index is 3.79. The number of hydrogen-bond donors (Lipinski definition) is 2. The summed E-state index contributed by atoms with van der Waals surface area (Å²) in [5.41, 5.74) is 1.36. The highest BCUT2D eigenvalue weighted by atomic mass is 14.9. The van der Waals surface area contributed by atoms with Gasteiger partial charge in [-0.1, -0.05) is 37.3 Å². The Morgan fingerprint density at radius 2 is 1.56 bits per heavy atom. The molecule has 0 aliphatic rings. The molecule has 1 aromatic rings. The molecule has 0 atom stereocenters. The lowest BCUT2D eigenvalue weighted by atomic mass is 10.2. The summed E-state index contributed by atoms with van der Waals surface area (Å²) >= 11 is 0. The molecule has 0 spiro atoms. The molecule has 2 heteroatoms. The van der Waals surface area contributed by atoms with Gasteiger partial charge in [-0.15, -0.1) is 0 Å². The summed E-state index contributed by atoms with van der Waals surface area (Å²) in [5.74, 6) is 0. The summed E-state index contributed by atoms with van der Waals surface area (Å²) in [6.07, 6.45) is 3.45. The summed E-state index contributed by atoms with van der Waals surface area (Å²) in [6, 6.07) is 10.5. The monoisotopic (exact) mass is 219 g/mol. The molecule has 1 aromatic carbocycles. The fourth-order valence-electron chi connectivity index (χ4n) is 1.58. The highest BCUT2D eigenvalue weighted by Gasteiger charge is 1.91. The van der Waals surface area contributed by atoms with Crippen LogP contribution >= 0.6 is 0 Å². The van der Waals surface area contributed by atoms with E-state index in [1.165, 1.54) is 18.4 Å². The molecular formula is C14H23N2. The van der Waals surface area contributed by atoms with E-state index < -0.39 is 0 Å². The summed E-state index contributed by atoms with van der Waals surface area (Å²) in [7, 11) is 0. The minimum atomic E-state index is 0.978. The lowest BCUT2D eigenvalue weighted by molar-refractivity contribution is 0.584. The standard InChI is InChI=1S/C14H23N2/c1-2-10-15-11-6-7-12-16-13-14-8-4-3-5-9-14/h3-5,8-9,15-16H,1-2,6-7,10-13H2. The SMILES string of the molecule is [CH2]CCNCCCCNCc1ccccc1. The number of rotatable bonds is 9. The predicted octanol–water partition coefficient (Wildman–Crippen LogP) is 2.37. The Kier molecular flexibility index (Phi) is 7.74. The smallest absolute Gasteiger partial charge is 0.0205 e. The first kappa shape index (κ1) is 13.2. The molecule has 1 rings (SSSR count). The van der Waals surface area contributed by atoms with Crippen LogP contribution in [0.1, 0.15) is 24.8 Å². The van der Waals surface area contributed by atoms with Gasteiger partial charge >= 0.3 is 0 Å². The molecule has 1 radical (unpaired) electrons. The zero-order valence-electron chi connectivity index (χ0n) is 10.0. The van der Waals surface area contributed by atoms with E-state index in [1.807, 2.05) is 0 Å². The fourth-order valence-corrected chi connectivity index (χ4v) is 1.58. The zero-order chi connectivity index (χ0) is 11.5. The molecule has 0 amide bonds. The third-order valence-corrected chi connectivity index (χ3v) is 2.48. The van der Waals surface area contributed by atoms with Crippen LogP contribution in [-0.4, -0.2) is 19.6 Å². The van der Waals surface area contributed by atoms with Crippen LogP contribution in [0.4, 0.5) is 0 Å². The molecule has 0 fully saturated rings. The molecule has 0 saturated heterocycles. The molecule has 16 heavy (non-hydrogen) atoms. The number of benzene rings is 1. The predicted molar refractivity (Wildman–Crippen MR) is 70.2 cm³/mol. The highest BCUT2D eigenvalue weighted by Crippen LogP contribution is 1.97. The lowest BCUT2D eigenvalue weighted by Gasteiger charge is -2.05. The second-order valence-corrected chi connectivity index (χ2v) is 3.97. The maximum absolute atomic E-state index is 3.79. The first-order valence-corrected chi connectivity index (χ1v) is 6.18. The summed E-state index contributed by atoms with van der Waals surface area (Å²) in [6.45, 7) is 8.02. The Hall–Kier alpha value is -0.860. The van der Waals surface area contributed by atoms with Gasteiger partial charge in [0.1, 0.15) is 0 Å². The van der Waals surface area contributed by atoms with Crippen molar-refractivity contribution in [1.82, 2.24) is 10.6 Å². The van der Waals surface area contributed by atoms with Crippen LogP contribution in [0.25, 0.3) is 0 Å². The van der Waals surface area contributed by atoms with E-state index in [9.17, 15) is 0 Å². The van der Waals surface area contributed by atoms with Crippen molar-refractivity contribution >= 4 is 0 Å². The van der Waals surface area contributed by atoms with Crippen LogP contribution in [-0.2, 0) is 6.54 Å². The Bertz CT molecular complexity index is 246. The molecule has 2 nitrogen and oxygen atoms in total. The van der Waals surface area contributed by atoms with Gasteiger partial charge in [-0.05, 0) is 44.5 Å². The Labute approximate surface area is 99.5 Å². The van der Waals surface area contributed by atoms with E-state index in [2.05, 4.69) is 47.9 Å². The summed E-state index contributed by atoms with van der Waals surface area (Å²) in [4.78, 5) is 0. The fraction of sp³-hybridized carbons (Fsp3) is 0.500. The molecule has 0 aromatic heterocycles. The molecular weight excluding hydrogens is 196 g/mol. The van der Waals surface area contributed by atoms with Crippen LogP contribution in [0.2, 0.25) is 0 Å².